The molecule has 3 unspecified atom stereocenters. The van der Waals surface area contributed by atoms with Crippen molar-refractivity contribution in [2.24, 2.45) is 15.9 Å². The number of likely N-dealkylation sites (N-methyl/N-ethyl adjacent to an activating group) is 1. The number of nitrogens with one attached hydrogen (secondary N) is 1. The van der Waals surface area contributed by atoms with Gasteiger partial charge in [0, 0.05) is 26.4 Å². The number of alkyl halides is 2. The summed E-state index contributed by atoms with van der Waals surface area (Å²) in [5, 5.41) is 3.28. The molecule has 0 fully saturated rings. The van der Waals surface area contributed by atoms with Gasteiger partial charge in [0.2, 0.25) is 0 Å². The molecule has 0 aliphatic rings. The minimum absolute atomic E-state index is 0.0860. The van der Waals surface area contributed by atoms with E-state index >= 15 is 0 Å². The maximum absolute atomic E-state index is 14.6. The lowest BCUT2D eigenvalue weighted by Crippen LogP contribution is -2.45. The molecule has 1 aromatic heterocycles. The molecule has 0 aromatic carbocycles. The molecular formula is C34H59F2N7. The Morgan fingerprint density at radius 1 is 1.12 bits per heavy atom. The molecule has 1 heterocycles. The van der Waals surface area contributed by atoms with Crippen LogP contribution in [0.1, 0.15) is 110 Å². The van der Waals surface area contributed by atoms with Crippen LogP contribution in [-0.2, 0) is 0 Å². The lowest BCUT2D eigenvalue weighted by atomic mass is 9.94. The number of allylic oxidation sites excluding steroid dienone is 3. The van der Waals surface area contributed by atoms with E-state index in [2.05, 4.69) is 47.2 Å². The second-order valence-corrected chi connectivity index (χ2v) is 11.6. The summed E-state index contributed by atoms with van der Waals surface area (Å²) in [7, 11) is 5.64. The molecule has 43 heavy (non-hydrogen) atoms. The summed E-state index contributed by atoms with van der Waals surface area (Å²) in [4.78, 5) is 17.7. The van der Waals surface area contributed by atoms with Crippen molar-refractivity contribution in [2.75, 3.05) is 40.9 Å². The van der Waals surface area contributed by atoms with E-state index < -0.39 is 18.9 Å². The third-order valence-electron chi connectivity index (χ3n) is 8.23. The zero-order chi connectivity index (χ0) is 32.7. The molecule has 0 saturated heterocycles. The van der Waals surface area contributed by atoms with Gasteiger partial charge in [-0.3, -0.25) is 4.99 Å². The lowest BCUT2D eigenvalue weighted by molar-refractivity contribution is 0.302. The second-order valence-electron chi connectivity index (χ2n) is 11.6. The van der Waals surface area contributed by atoms with Gasteiger partial charge in [0.15, 0.2) is 5.96 Å². The van der Waals surface area contributed by atoms with E-state index in [0.717, 1.165) is 37.3 Å². The summed E-state index contributed by atoms with van der Waals surface area (Å²) < 4.78 is 31.1. The van der Waals surface area contributed by atoms with Crippen molar-refractivity contribution in [3.63, 3.8) is 0 Å². The first-order valence-corrected chi connectivity index (χ1v) is 15.9. The fourth-order valence-electron chi connectivity index (χ4n) is 5.18. The predicted molar refractivity (Wildman–Crippen MR) is 181 cm³/mol. The van der Waals surface area contributed by atoms with Gasteiger partial charge in [-0.05, 0) is 117 Å². The van der Waals surface area contributed by atoms with Crippen molar-refractivity contribution >= 4 is 18.3 Å². The molecule has 1 N–H and O–H groups in total. The van der Waals surface area contributed by atoms with Crippen molar-refractivity contribution in [1.82, 2.24) is 24.7 Å². The van der Waals surface area contributed by atoms with Crippen LogP contribution in [0.15, 0.2) is 39.1 Å². The van der Waals surface area contributed by atoms with E-state index in [1.165, 1.54) is 25.3 Å². The molecule has 0 saturated carbocycles. The standard InChI is InChI=1S/C34H59F2N7/c1-13-28(19-20-41(11)16-4)17-18-29(14-2)23-38-32(15-3)40-34(37-10)42(12)31(22-35)25(7)21-30-33(26(8)36)39-27(9)43(30)24(5)6/h14-15,21,23-24,26,28,31H,13,16-20,22H2,1-12H3,(H,37,40)/b25-21+,29-14-,32-15+,38-23+. The van der Waals surface area contributed by atoms with Crippen molar-refractivity contribution in [3.05, 3.63) is 46.3 Å². The van der Waals surface area contributed by atoms with Gasteiger partial charge >= 0.3 is 0 Å². The quantitative estimate of drug-likeness (QED) is 0.144. The van der Waals surface area contributed by atoms with Gasteiger partial charge in [0.25, 0.3) is 0 Å². The molecule has 0 bridgehead atoms. The number of rotatable bonds is 17. The van der Waals surface area contributed by atoms with Gasteiger partial charge in [-0.1, -0.05) is 26.3 Å². The van der Waals surface area contributed by atoms with Gasteiger partial charge in [-0.15, -0.1) is 0 Å². The Morgan fingerprint density at radius 2 is 1.79 bits per heavy atom. The first kappa shape index (κ1) is 38.2. The average molecular weight is 604 g/mol. The Morgan fingerprint density at radius 3 is 2.28 bits per heavy atom. The highest BCUT2D eigenvalue weighted by Crippen LogP contribution is 2.28. The smallest absolute Gasteiger partial charge is 0.199 e. The minimum Gasteiger partial charge on any atom is -0.336 e. The number of hydrogen-bond acceptors (Lipinski definition) is 4. The van der Waals surface area contributed by atoms with E-state index in [1.807, 2.05) is 64.5 Å². The van der Waals surface area contributed by atoms with Crippen molar-refractivity contribution in [1.29, 1.82) is 0 Å². The fourth-order valence-corrected chi connectivity index (χ4v) is 5.18. The minimum atomic E-state index is -1.23. The number of imidazole rings is 1. The molecule has 1 rings (SSSR count). The second kappa shape index (κ2) is 19.5. The van der Waals surface area contributed by atoms with E-state index in [4.69, 9.17) is 4.99 Å². The first-order valence-electron chi connectivity index (χ1n) is 15.9. The number of aromatic nitrogens is 2. The zero-order valence-corrected chi connectivity index (χ0v) is 29.0. The summed E-state index contributed by atoms with van der Waals surface area (Å²) in [5.74, 6) is 2.54. The molecule has 0 aliphatic heterocycles. The van der Waals surface area contributed by atoms with Crippen LogP contribution < -0.4 is 5.32 Å². The SMILES string of the molecule is C\C=C(/C=N/C(=C\C)NC(=NC)N(C)C(CF)/C(C)=C/c1c(C(C)F)nc(C)n1C(C)C)CCC(CC)CCN(C)CC. The number of aryl methyl sites for hydroxylation is 1. The molecule has 0 radical (unpaired) electrons. The highest BCUT2D eigenvalue weighted by molar-refractivity contribution is 5.84. The summed E-state index contributed by atoms with van der Waals surface area (Å²) in [5.41, 5.74) is 2.98. The Hall–Kier alpha value is -2.81. The molecule has 244 valence electrons. The topological polar surface area (TPSA) is 61.1 Å². The number of hydrogen-bond donors (Lipinski definition) is 1. The summed E-state index contributed by atoms with van der Waals surface area (Å²) in [6.07, 6.45) is 11.0. The number of aliphatic imine (C=N–C) groups is 2. The average Bonchev–Trinajstić information content (AvgIpc) is 3.31. The molecule has 0 aliphatic carbocycles. The molecule has 0 spiro atoms. The van der Waals surface area contributed by atoms with Gasteiger partial charge in [-0.2, -0.15) is 0 Å². The van der Waals surface area contributed by atoms with Crippen LogP contribution in [-0.4, -0.2) is 78.5 Å². The summed E-state index contributed by atoms with van der Waals surface area (Å²) >= 11 is 0. The monoisotopic (exact) mass is 603 g/mol. The lowest BCUT2D eigenvalue weighted by Gasteiger charge is -2.30. The van der Waals surface area contributed by atoms with Gasteiger partial charge in [0.1, 0.15) is 24.5 Å². The Labute approximate surface area is 261 Å². The fraction of sp³-hybridized carbons (Fsp3) is 0.676. The van der Waals surface area contributed by atoms with Crippen molar-refractivity contribution in [2.45, 2.75) is 106 Å². The maximum atomic E-state index is 14.6. The predicted octanol–water partition coefficient (Wildman–Crippen LogP) is 8.08. The highest BCUT2D eigenvalue weighted by Gasteiger charge is 2.24. The molecule has 9 heteroatoms. The normalized spacial score (nSPS) is 16.0. The molecular weight excluding hydrogens is 544 g/mol. The Bertz CT molecular complexity index is 1130. The zero-order valence-electron chi connectivity index (χ0n) is 29.0. The van der Waals surface area contributed by atoms with Crippen LogP contribution in [0.3, 0.4) is 0 Å². The third-order valence-corrected chi connectivity index (χ3v) is 8.23. The van der Waals surface area contributed by atoms with Crippen LogP contribution in [0.2, 0.25) is 0 Å². The van der Waals surface area contributed by atoms with Crippen molar-refractivity contribution in [3.8, 4) is 0 Å². The molecule has 1 aromatic rings. The highest BCUT2D eigenvalue weighted by atomic mass is 19.1. The third kappa shape index (κ3) is 11.7. The van der Waals surface area contributed by atoms with E-state index in [0.29, 0.717) is 29.1 Å². The summed E-state index contributed by atoms with van der Waals surface area (Å²) in [6.45, 7) is 19.3. The molecule has 3 atom stereocenters. The van der Waals surface area contributed by atoms with E-state index in [9.17, 15) is 8.78 Å². The summed E-state index contributed by atoms with van der Waals surface area (Å²) in [6, 6.07) is -0.529. The molecule has 7 nitrogen and oxygen atoms in total. The van der Waals surface area contributed by atoms with Crippen LogP contribution in [0.25, 0.3) is 6.08 Å². The number of nitrogens with zero attached hydrogens (tertiary/aromatic N) is 6. The molecule has 0 amide bonds. The van der Waals surface area contributed by atoms with Crippen LogP contribution in [0, 0.1) is 12.8 Å². The van der Waals surface area contributed by atoms with E-state index in [-0.39, 0.29) is 6.04 Å². The van der Waals surface area contributed by atoms with Gasteiger partial charge in [-0.25, -0.2) is 18.8 Å². The first-order chi connectivity index (χ1) is 20.4. The van der Waals surface area contributed by atoms with Crippen LogP contribution in [0.4, 0.5) is 8.78 Å². The van der Waals surface area contributed by atoms with Gasteiger partial charge < -0.3 is 19.7 Å². The van der Waals surface area contributed by atoms with Crippen LogP contribution in [0.5, 0.6) is 0 Å². The number of guanidine groups is 1. The maximum Gasteiger partial charge on any atom is 0.199 e. The van der Waals surface area contributed by atoms with E-state index in [1.54, 1.807) is 19.0 Å². The Kier molecular flexibility index (Phi) is 17.3. The number of halogens is 2. The van der Waals surface area contributed by atoms with Crippen LogP contribution >= 0.6 is 0 Å². The Balaban J connectivity index is 3.08. The largest absolute Gasteiger partial charge is 0.336 e. The van der Waals surface area contributed by atoms with Gasteiger partial charge in [0.05, 0.1) is 17.4 Å². The van der Waals surface area contributed by atoms with Crippen molar-refractivity contribution < 1.29 is 8.78 Å².